The predicted octanol–water partition coefficient (Wildman–Crippen LogP) is 4.42. The topological polar surface area (TPSA) is 122 Å². The van der Waals surface area contributed by atoms with Crippen LogP contribution in [0.15, 0.2) is 77.7 Å². The summed E-state index contributed by atoms with van der Waals surface area (Å²) in [5.41, 5.74) is 2.73. The second-order valence-corrected chi connectivity index (χ2v) is 13.7. The SMILES string of the molecule is COc1ccc(C)cc1NS(=O)(=O)c1ccc(NC(=O)[C@@H]2CCCN(S(=O)(=O)CCCc3ccccc3)C2)cc1. The fourth-order valence-corrected chi connectivity index (χ4v) is 7.35. The molecule has 1 atom stereocenters. The van der Waals surface area contributed by atoms with Crippen LogP contribution < -0.4 is 14.8 Å². The molecule has 1 heterocycles. The molecular formula is C29H35N3O6S2. The number of hydrogen-bond acceptors (Lipinski definition) is 6. The minimum atomic E-state index is -3.89. The molecule has 9 nitrogen and oxygen atoms in total. The van der Waals surface area contributed by atoms with E-state index in [-0.39, 0.29) is 23.1 Å². The van der Waals surface area contributed by atoms with Crippen LogP contribution in [0.1, 0.15) is 30.4 Å². The van der Waals surface area contributed by atoms with Crippen molar-refractivity contribution in [1.82, 2.24) is 4.31 Å². The Morgan fingerprint density at radius 1 is 1.00 bits per heavy atom. The number of sulfonamides is 2. The Labute approximate surface area is 236 Å². The van der Waals surface area contributed by atoms with Crippen molar-refractivity contribution >= 4 is 37.3 Å². The van der Waals surface area contributed by atoms with E-state index in [1.54, 1.807) is 12.1 Å². The summed E-state index contributed by atoms with van der Waals surface area (Å²) < 4.78 is 61.0. The van der Waals surface area contributed by atoms with Gasteiger partial charge >= 0.3 is 0 Å². The first kappa shape index (κ1) is 29.6. The first-order chi connectivity index (χ1) is 19.1. The average Bonchev–Trinajstić information content (AvgIpc) is 2.94. The van der Waals surface area contributed by atoms with Crippen LogP contribution in [0.4, 0.5) is 11.4 Å². The van der Waals surface area contributed by atoms with Gasteiger partial charge in [-0.3, -0.25) is 9.52 Å². The van der Waals surface area contributed by atoms with Crippen molar-refractivity contribution in [3.05, 3.63) is 83.9 Å². The monoisotopic (exact) mass is 585 g/mol. The van der Waals surface area contributed by atoms with Crippen LogP contribution in [0.2, 0.25) is 0 Å². The zero-order valence-corrected chi connectivity index (χ0v) is 24.3. The summed E-state index contributed by atoms with van der Waals surface area (Å²) in [5.74, 6) is -0.342. The van der Waals surface area contributed by atoms with Gasteiger partial charge in [0, 0.05) is 18.8 Å². The van der Waals surface area contributed by atoms with Gasteiger partial charge in [0.1, 0.15) is 5.75 Å². The van der Waals surface area contributed by atoms with Crippen LogP contribution in [0.3, 0.4) is 0 Å². The van der Waals surface area contributed by atoms with Gasteiger partial charge in [0.25, 0.3) is 10.0 Å². The van der Waals surface area contributed by atoms with Gasteiger partial charge in [-0.1, -0.05) is 36.4 Å². The van der Waals surface area contributed by atoms with E-state index < -0.39 is 26.0 Å². The minimum absolute atomic E-state index is 0.0273. The number of nitrogens with zero attached hydrogens (tertiary/aromatic N) is 1. The van der Waals surface area contributed by atoms with E-state index >= 15 is 0 Å². The van der Waals surface area contributed by atoms with Crippen LogP contribution in [0.5, 0.6) is 5.75 Å². The number of piperidine rings is 1. The van der Waals surface area contributed by atoms with Crippen molar-refractivity contribution in [2.45, 2.75) is 37.5 Å². The molecule has 0 bridgehead atoms. The van der Waals surface area contributed by atoms with E-state index in [2.05, 4.69) is 10.0 Å². The molecule has 4 rings (SSSR count). The van der Waals surface area contributed by atoms with Gasteiger partial charge in [-0.2, -0.15) is 0 Å². The van der Waals surface area contributed by atoms with Crippen LogP contribution in [0, 0.1) is 12.8 Å². The van der Waals surface area contributed by atoms with E-state index in [0.717, 1.165) is 11.1 Å². The third-order valence-corrected chi connectivity index (χ3v) is 10.2. The first-order valence-corrected chi connectivity index (χ1v) is 16.3. The number of carbonyl (C=O) groups is 1. The van der Waals surface area contributed by atoms with E-state index in [0.29, 0.717) is 49.4 Å². The molecule has 2 N–H and O–H groups in total. The predicted molar refractivity (Wildman–Crippen MR) is 156 cm³/mol. The van der Waals surface area contributed by atoms with Gasteiger partial charge in [0.15, 0.2) is 0 Å². The Morgan fingerprint density at radius 3 is 2.42 bits per heavy atom. The number of benzene rings is 3. The van der Waals surface area contributed by atoms with Crippen molar-refractivity contribution in [2.75, 3.05) is 36.0 Å². The van der Waals surface area contributed by atoms with Crippen molar-refractivity contribution in [1.29, 1.82) is 0 Å². The van der Waals surface area contributed by atoms with Gasteiger partial charge in [0.2, 0.25) is 15.9 Å². The summed E-state index contributed by atoms with van der Waals surface area (Å²) in [6, 6.07) is 20.8. The van der Waals surface area contributed by atoms with E-state index in [1.165, 1.54) is 35.7 Å². The molecule has 11 heteroatoms. The molecule has 0 radical (unpaired) electrons. The second kappa shape index (κ2) is 12.8. The largest absolute Gasteiger partial charge is 0.495 e. The lowest BCUT2D eigenvalue weighted by Gasteiger charge is -2.31. The third kappa shape index (κ3) is 7.61. The lowest BCUT2D eigenvalue weighted by atomic mass is 9.99. The van der Waals surface area contributed by atoms with Gasteiger partial charge in [-0.15, -0.1) is 0 Å². The maximum absolute atomic E-state index is 13.0. The molecular weight excluding hydrogens is 550 g/mol. The van der Waals surface area contributed by atoms with Crippen molar-refractivity contribution < 1.29 is 26.4 Å². The molecule has 40 heavy (non-hydrogen) atoms. The molecule has 1 aliphatic heterocycles. The molecule has 1 aliphatic rings. The molecule has 1 saturated heterocycles. The number of carbonyl (C=O) groups excluding carboxylic acids is 1. The summed E-state index contributed by atoms with van der Waals surface area (Å²) in [6.07, 6.45) is 2.37. The molecule has 0 spiro atoms. The third-order valence-electron chi connectivity index (χ3n) is 6.89. The fraction of sp³-hybridized carbons (Fsp3) is 0.345. The minimum Gasteiger partial charge on any atom is -0.495 e. The fourth-order valence-electron chi connectivity index (χ4n) is 4.71. The number of aryl methyl sites for hydroxylation is 2. The summed E-state index contributed by atoms with van der Waals surface area (Å²) >= 11 is 0. The highest BCUT2D eigenvalue weighted by Crippen LogP contribution is 2.28. The zero-order valence-electron chi connectivity index (χ0n) is 22.7. The highest BCUT2D eigenvalue weighted by molar-refractivity contribution is 7.92. The number of amides is 1. The zero-order chi connectivity index (χ0) is 28.8. The summed E-state index contributed by atoms with van der Waals surface area (Å²) in [5, 5.41) is 2.81. The number of rotatable bonds is 11. The molecule has 0 aromatic heterocycles. The first-order valence-electron chi connectivity index (χ1n) is 13.2. The molecule has 0 aliphatic carbocycles. The van der Waals surface area contributed by atoms with Crippen LogP contribution in [0.25, 0.3) is 0 Å². The maximum Gasteiger partial charge on any atom is 0.262 e. The molecule has 1 amide bonds. The Kier molecular flexibility index (Phi) is 9.49. The highest BCUT2D eigenvalue weighted by Gasteiger charge is 2.32. The van der Waals surface area contributed by atoms with Gasteiger partial charge in [0.05, 0.1) is 29.4 Å². The number of anilines is 2. The Hall–Kier alpha value is -3.41. The normalized spacial score (nSPS) is 16.3. The maximum atomic E-state index is 13.0. The lowest BCUT2D eigenvalue weighted by Crippen LogP contribution is -2.44. The van der Waals surface area contributed by atoms with Crippen LogP contribution in [-0.2, 0) is 31.3 Å². The molecule has 0 unspecified atom stereocenters. The van der Waals surface area contributed by atoms with Crippen molar-refractivity contribution in [2.24, 2.45) is 5.92 Å². The smallest absolute Gasteiger partial charge is 0.262 e. The summed E-state index contributed by atoms with van der Waals surface area (Å²) in [4.78, 5) is 13.0. The summed E-state index contributed by atoms with van der Waals surface area (Å²) in [7, 11) is -5.91. The molecule has 3 aromatic rings. The van der Waals surface area contributed by atoms with Gasteiger partial charge in [-0.25, -0.2) is 21.1 Å². The highest BCUT2D eigenvalue weighted by atomic mass is 32.2. The summed E-state index contributed by atoms with van der Waals surface area (Å²) in [6.45, 7) is 2.39. The molecule has 3 aromatic carbocycles. The molecule has 0 saturated carbocycles. The lowest BCUT2D eigenvalue weighted by molar-refractivity contribution is -0.120. The quantitative estimate of drug-likeness (QED) is 0.344. The van der Waals surface area contributed by atoms with E-state index in [9.17, 15) is 21.6 Å². The van der Waals surface area contributed by atoms with Gasteiger partial charge in [-0.05, 0) is 80.1 Å². The molecule has 1 fully saturated rings. The van der Waals surface area contributed by atoms with Crippen LogP contribution >= 0.6 is 0 Å². The standard InChI is InChI=1S/C29H35N3O6S2/c1-22-12-17-28(38-2)27(20-22)31-40(36,37)26-15-13-25(14-16-26)30-29(33)24-11-6-18-32(21-24)39(34,35)19-7-10-23-8-4-3-5-9-23/h3-5,8-9,12-17,20,24,31H,6-7,10-11,18-19,21H2,1-2H3,(H,30,33)/t24-/m1/s1. The van der Waals surface area contributed by atoms with E-state index in [1.807, 2.05) is 43.3 Å². The van der Waals surface area contributed by atoms with E-state index in [4.69, 9.17) is 4.74 Å². The number of methoxy groups -OCH3 is 1. The van der Waals surface area contributed by atoms with Gasteiger partial charge < -0.3 is 10.1 Å². The Bertz CT molecular complexity index is 1530. The Balaban J connectivity index is 1.34. The number of nitrogens with one attached hydrogen (secondary N) is 2. The second-order valence-electron chi connectivity index (χ2n) is 9.93. The average molecular weight is 586 g/mol. The number of ether oxygens (including phenoxy) is 1. The molecule has 214 valence electrons. The van der Waals surface area contributed by atoms with Crippen LogP contribution in [-0.4, -0.2) is 53.0 Å². The Morgan fingerprint density at radius 2 is 1.73 bits per heavy atom. The van der Waals surface area contributed by atoms with Crippen molar-refractivity contribution in [3.63, 3.8) is 0 Å². The number of hydrogen-bond donors (Lipinski definition) is 2. The van der Waals surface area contributed by atoms with Crippen molar-refractivity contribution in [3.8, 4) is 5.75 Å².